The summed E-state index contributed by atoms with van der Waals surface area (Å²) in [5, 5.41) is 0. The van der Waals surface area contributed by atoms with Crippen LogP contribution in [-0.4, -0.2) is 41.1 Å². The molecule has 1 amide bonds. The minimum absolute atomic E-state index is 0.109. The van der Waals surface area contributed by atoms with Crippen LogP contribution in [0.4, 0.5) is 4.79 Å². The summed E-state index contributed by atoms with van der Waals surface area (Å²) in [6.45, 7) is 8.54. The molecule has 28 heavy (non-hydrogen) atoms. The Balaban J connectivity index is 1.64. The van der Waals surface area contributed by atoms with Gasteiger partial charge in [0.2, 0.25) is 0 Å². The standard InChI is InChI=1S/C19H25N3O5S/c1-14-5-7-16(8-6-14)28(24,25)26-13-15-11-21-9-10-22(12-17(21)20-15)18(23)27-19(2,3)4/h5-8,11H,9-10,12-13H2,1-4H3. The smallest absolute Gasteiger partial charge is 0.410 e. The van der Waals surface area contributed by atoms with Crippen molar-refractivity contribution in [2.75, 3.05) is 6.54 Å². The number of amides is 1. The highest BCUT2D eigenvalue weighted by Crippen LogP contribution is 2.19. The van der Waals surface area contributed by atoms with E-state index in [1.54, 1.807) is 23.2 Å². The first-order valence-corrected chi connectivity index (χ1v) is 10.4. The maximum absolute atomic E-state index is 12.3. The predicted molar refractivity (Wildman–Crippen MR) is 102 cm³/mol. The average molecular weight is 407 g/mol. The molecule has 8 nitrogen and oxygen atoms in total. The third-order valence-electron chi connectivity index (χ3n) is 4.18. The van der Waals surface area contributed by atoms with Crippen molar-refractivity contribution in [3.8, 4) is 0 Å². The van der Waals surface area contributed by atoms with Crippen LogP contribution in [0.1, 0.15) is 37.9 Å². The highest BCUT2D eigenvalue weighted by atomic mass is 32.2. The fourth-order valence-corrected chi connectivity index (χ4v) is 3.66. The highest BCUT2D eigenvalue weighted by Gasteiger charge is 2.27. The number of hydrogen-bond acceptors (Lipinski definition) is 6. The lowest BCUT2D eigenvalue weighted by Gasteiger charge is -2.30. The van der Waals surface area contributed by atoms with E-state index in [0.717, 1.165) is 5.56 Å². The predicted octanol–water partition coefficient (Wildman–Crippen LogP) is 2.85. The second kappa shape index (κ2) is 7.56. The number of benzene rings is 1. The number of carbonyl (C=O) groups is 1. The van der Waals surface area contributed by atoms with E-state index in [9.17, 15) is 13.2 Å². The van der Waals surface area contributed by atoms with E-state index in [4.69, 9.17) is 8.92 Å². The van der Waals surface area contributed by atoms with Gasteiger partial charge in [0.1, 0.15) is 18.0 Å². The molecule has 0 saturated heterocycles. The first-order chi connectivity index (χ1) is 13.0. The van der Waals surface area contributed by atoms with Gasteiger partial charge in [-0.2, -0.15) is 8.42 Å². The van der Waals surface area contributed by atoms with E-state index in [0.29, 0.717) is 31.2 Å². The van der Waals surface area contributed by atoms with Crippen LogP contribution in [0.3, 0.4) is 0 Å². The fraction of sp³-hybridized carbons (Fsp3) is 0.474. The van der Waals surface area contributed by atoms with Crippen LogP contribution in [0.2, 0.25) is 0 Å². The van der Waals surface area contributed by atoms with E-state index < -0.39 is 15.7 Å². The summed E-state index contributed by atoms with van der Waals surface area (Å²) in [5.41, 5.74) is 0.903. The average Bonchev–Trinajstić information content (AvgIpc) is 3.01. The van der Waals surface area contributed by atoms with Gasteiger partial charge in [-0.1, -0.05) is 17.7 Å². The zero-order valence-electron chi connectivity index (χ0n) is 16.5. The second-order valence-electron chi connectivity index (χ2n) is 7.77. The van der Waals surface area contributed by atoms with Crippen molar-refractivity contribution in [2.45, 2.75) is 57.9 Å². The molecule has 0 unspecified atom stereocenters. The molecule has 1 aromatic heterocycles. The Morgan fingerprint density at radius 1 is 1.18 bits per heavy atom. The van der Waals surface area contributed by atoms with Crippen LogP contribution in [0, 0.1) is 6.92 Å². The molecule has 9 heteroatoms. The Hall–Kier alpha value is -2.39. The molecule has 0 aliphatic carbocycles. The fourth-order valence-electron chi connectivity index (χ4n) is 2.77. The normalized spacial score (nSPS) is 14.6. The van der Waals surface area contributed by atoms with Crippen LogP contribution >= 0.6 is 0 Å². The van der Waals surface area contributed by atoms with E-state index >= 15 is 0 Å². The largest absolute Gasteiger partial charge is 0.444 e. The van der Waals surface area contributed by atoms with Crippen LogP contribution in [0.25, 0.3) is 0 Å². The van der Waals surface area contributed by atoms with Crippen LogP contribution in [0.5, 0.6) is 0 Å². The molecule has 1 aliphatic rings. The Morgan fingerprint density at radius 3 is 2.50 bits per heavy atom. The second-order valence-corrected chi connectivity index (χ2v) is 9.39. The number of hydrogen-bond donors (Lipinski definition) is 0. The third-order valence-corrected chi connectivity index (χ3v) is 5.45. The van der Waals surface area contributed by atoms with Crippen molar-refractivity contribution in [3.05, 3.63) is 47.5 Å². The molecule has 0 N–H and O–H groups in total. The minimum atomic E-state index is -3.85. The van der Waals surface area contributed by atoms with Gasteiger partial charge in [-0.05, 0) is 39.8 Å². The van der Waals surface area contributed by atoms with Gasteiger partial charge in [0.15, 0.2) is 0 Å². The van der Waals surface area contributed by atoms with Gasteiger partial charge in [-0.15, -0.1) is 0 Å². The summed E-state index contributed by atoms with van der Waals surface area (Å²) >= 11 is 0. The van der Waals surface area contributed by atoms with E-state index in [-0.39, 0.29) is 17.6 Å². The van der Waals surface area contributed by atoms with E-state index in [1.165, 1.54) is 12.1 Å². The molecule has 0 atom stereocenters. The molecule has 0 fully saturated rings. The van der Waals surface area contributed by atoms with Crippen LogP contribution in [-0.2, 0) is 38.7 Å². The molecule has 152 valence electrons. The van der Waals surface area contributed by atoms with Crippen molar-refractivity contribution in [1.82, 2.24) is 14.5 Å². The molecule has 3 rings (SSSR count). The number of aromatic nitrogens is 2. The zero-order chi connectivity index (χ0) is 20.5. The third kappa shape index (κ3) is 4.90. The lowest BCUT2D eigenvalue weighted by Crippen LogP contribution is -2.41. The summed E-state index contributed by atoms with van der Waals surface area (Å²) in [7, 11) is -3.85. The summed E-state index contributed by atoms with van der Waals surface area (Å²) in [6, 6.07) is 6.47. The van der Waals surface area contributed by atoms with Gasteiger partial charge >= 0.3 is 6.09 Å². The first kappa shape index (κ1) is 20.3. The molecule has 1 aromatic carbocycles. The molecule has 1 aliphatic heterocycles. The molecule has 2 aromatic rings. The van der Waals surface area contributed by atoms with Gasteiger partial charge in [0.25, 0.3) is 10.1 Å². The molecule has 0 spiro atoms. The number of ether oxygens (including phenoxy) is 1. The maximum Gasteiger partial charge on any atom is 0.410 e. The topological polar surface area (TPSA) is 90.7 Å². The van der Waals surface area contributed by atoms with Crippen molar-refractivity contribution in [1.29, 1.82) is 0 Å². The quantitative estimate of drug-likeness (QED) is 0.724. The molecule has 0 bridgehead atoms. The van der Waals surface area contributed by atoms with Crippen LogP contribution < -0.4 is 0 Å². The van der Waals surface area contributed by atoms with Crippen molar-refractivity contribution in [2.24, 2.45) is 0 Å². The number of nitrogens with zero attached hydrogens (tertiary/aromatic N) is 3. The van der Waals surface area contributed by atoms with Crippen LogP contribution in [0.15, 0.2) is 35.4 Å². The van der Waals surface area contributed by atoms with Gasteiger partial charge in [-0.3, -0.25) is 9.08 Å². The molecule has 2 heterocycles. The van der Waals surface area contributed by atoms with Gasteiger partial charge < -0.3 is 9.30 Å². The minimum Gasteiger partial charge on any atom is -0.444 e. The zero-order valence-corrected chi connectivity index (χ0v) is 17.3. The van der Waals surface area contributed by atoms with Crippen molar-refractivity contribution >= 4 is 16.2 Å². The molecular formula is C19H25N3O5S. The van der Waals surface area contributed by atoms with Gasteiger partial charge in [0.05, 0.1) is 17.1 Å². The van der Waals surface area contributed by atoms with E-state index in [1.807, 2.05) is 32.3 Å². The Kier molecular flexibility index (Phi) is 5.49. The monoisotopic (exact) mass is 407 g/mol. The van der Waals surface area contributed by atoms with E-state index in [2.05, 4.69) is 4.98 Å². The SMILES string of the molecule is Cc1ccc(S(=O)(=O)OCc2cn3c(n2)CN(C(=O)OC(C)(C)C)CC3)cc1. The highest BCUT2D eigenvalue weighted by molar-refractivity contribution is 7.86. The Bertz CT molecular complexity index is 958. The summed E-state index contributed by atoms with van der Waals surface area (Å²) in [4.78, 5) is 18.3. The van der Waals surface area contributed by atoms with Crippen molar-refractivity contribution in [3.63, 3.8) is 0 Å². The number of imidazole rings is 1. The summed E-state index contributed by atoms with van der Waals surface area (Å²) in [5.74, 6) is 0.670. The summed E-state index contributed by atoms with van der Waals surface area (Å²) < 4.78 is 37.1. The number of aryl methyl sites for hydroxylation is 1. The van der Waals surface area contributed by atoms with Crippen molar-refractivity contribution < 1.29 is 22.1 Å². The lowest BCUT2D eigenvalue weighted by atomic mass is 10.2. The Labute approximate surface area is 165 Å². The number of fused-ring (bicyclic) bond motifs is 1. The Morgan fingerprint density at radius 2 is 1.86 bits per heavy atom. The first-order valence-electron chi connectivity index (χ1n) is 9.02. The van der Waals surface area contributed by atoms with Gasteiger partial charge in [-0.25, -0.2) is 9.78 Å². The number of carbonyl (C=O) groups excluding carboxylic acids is 1. The molecule has 0 radical (unpaired) electrons. The molecular weight excluding hydrogens is 382 g/mol. The number of rotatable bonds is 4. The maximum atomic E-state index is 12.3. The molecule has 0 saturated carbocycles. The summed E-state index contributed by atoms with van der Waals surface area (Å²) in [6.07, 6.45) is 1.37. The lowest BCUT2D eigenvalue weighted by molar-refractivity contribution is 0.0195. The van der Waals surface area contributed by atoms with Gasteiger partial charge in [0, 0.05) is 19.3 Å².